The third-order valence-electron chi connectivity index (χ3n) is 4.11. The molecule has 2 aliphatic heterocycles. The molecule has 0 radical (unpaired) electrons. The Bertz CT molecular complexity index is 543. The molecular formula is C14H16F2N2O4. The van der Waals surface area contributed by atoms with Gasteiger partial charge in [-0.3, -0.25) is 0 Å². The number of aromatic nitrogens is 1. The van der Waals surface area contributed by atoms with E-state index in [1.54, 1.807) is 6.07 Å². The predicted octanol–water partition coefficient (Wildman–Crippen LogP) is 2.74. The molecule has 1 N–H and O–H groups in total. The van der Waals surface area contributed by atoms with Crippen molar-refractivity contribution in [2.45, 2.75) is 50.5 Å². The van der Waals surface area contributed by atoms with Gasteiger partial charge < -0.3 is 19.5 Å². The van der Waals surface area contributed by atoms with Crippen LogP contribution in [0.4, 0.5) is 13.6 Å². The molecule has 3 atom stereocenters. The topological polar surface area (TPSA) is 71.9 Å². The minimum absolute atomic E-state index is 0.0400. The number of fused-ring (bicyclic) bond motifs is 2. The first-order valence-corrected chi connectivity index (χ1v) is 7.12. The van der Waals surface area contributed by atoms with Crippen molar-refractivity contribution in [3.8, 4) is 11.8 Å². The van der Waals surface area contributed by atoms with E-state index in [0.717, 1.165) is 12.8 Å². The molecule has 3 heterocycles. The second kappa shape index (κ2) is 5.94. The van der Waals surface area contributed by atoms with E-state index < -0.39 is 12.7 Å². The van der Waals surface area contributed by atoms with Crippen LogP contribution >= 0.6 is 0 Å². The van der Waals surface area contributed by atoms with Crippen LogP contribution in [0.25, 0.3) is 0 Å². The number of amides is 1. The Hall–Kier alpha value is -2.12. The Kier molecular flexibility index (Phi) is 4.00. The lowest BCUT2D eigenvalue weighted by molar-refractivity contribution is -0.0533. The SMILES string of the molecule is O=C(O)N1[C@@H]2CC[C@H]1C[C@@H](Oc1cccc(OC(F)F)n1)C2. The number of carboxylic acid groups (broad SMARTS) is 1. The van der Waals surface area contributed by atoms with E-state index in [0.29, 0.717) is 12.8 Å². The fraction of sp³-hybridized carbons (Fsp3) is 0.571. The van der Waals surface area contributed by atoms with Crippen molar-refractivity contribution in [2.24, 2.45) is 0 Å². The lowest BCUT2D eigenvalue weighted by Crippen LogP contribution is -2.48. The second-order valence-electron chi connectivity index (χ2n) is 5.48. The van der Waals surface area contributed by atoms with Gasteiger partial charge in [-0.25, -0.2) is 4.79 Å². The molecule has 8 heteroatoms. The summed E-state index contributed by atoms with van der Waals surface area (Å²) < 4.78 is 34.3. The quantitative estimate of drug-likeness (QED) is 0.925. The number of alkyl halides is 2. The van der Waals surface area contributed by atoms with Gasteiger partial charge in [-0.2, -0.15) is 13.8 Å². The van der Waals surface area contributed by atoms with E-state index in [1.165, 1.54) is 17.0 Å². The van der Waals surface area contributed by atoms with E-state index in [9.17, 15) is 18.7 Å². The molecule has 1 aromatic heterocycles. The van der Waals surface area contributed by atoms with Crippen LogP contribution in [-0.4, -0.2) is 45.9 Å². The zero-order valence-corrected chi connectivity index (χ0v) is 11.7. The maximum absolute atomic E-state index is 12.2. The van der Waals surface area contributed by atoms with Gasteiger partial charge in [-0.15, -0.1) is 0 Å². The van der Waals surface area contributed by atoms with Crippen LogP contribution in [0.1, 0.15) is 25.7 Å². The highest BCUT2D eigenvalue weighted by atomic mass is 19.3. The van der Waals surface area contributed by atoms with Gasteiger partial charge in [-0.1, -0.05) is 6.07 Å². The van der Waals surface area contributed by atoms with E-state index >= 15 is 0 Å². The predicted molar refractivity (Wildman–Crippen MR) is 71.2 cm³/mol. The summed E-state index contributed by atoms with van der Waals surface area (Å²) in [5, 5.41) is 9.20. The first kappa shape index (κ1) is 14.8. The number of ether oxygens (including phenoxy) is 2. The minimum atomic E-state index is -2.93. The number of halogens is 2. The summed E-state index contributed by atoms with van der Waals surface area (Å²) in [5.74, 6) is 0.0183. The molecule has 0 unspecified atom stereocenters. The Morgan fingerprint density at radius 2 is 1.91 bits per heavy atom. The second-order valence-corrected chi connectivity index (χ2v) is 5.48. The summed E-state index contributed by atoms with van der Waals surface area (Å²) in [4.78, 5) is 16.6. The highest BCUT2D eigenvalue weighted by Crippen LogP contribution is 2.37. The minimum Gasteiger partial charge on any atom is -0.474 e. The molecule has 6 nitrogen and oxygen atoms in total. The average molecular weight is 314 g/mol. The van der Waals surface area contributed by atoms with Gasteiger partial charge >= 0.3 is 12.7 Å². The van der Waals surface area contributed by atoms with Gasteiger partial charge in [0.2, 0.25) is 11.8 Å². The first-order valence-electron chi connectivity index (χ1n) is 7.12. The Morgan fingerprint density at radius 1 is 1.27 bits per heavy atom. The third kappa shape index (κ3) is 3.05. The summed E-state index contributed by atoms with van der Waals surface area (Å²) in [6.45, 7) is -2.93. The standard InChI is InChI=1S/C14H16F2N2O4/c15-13(16)22-12-3-1-2-11(17-12)21-10-6-8-4-5-9(7-10)18(8)14(19)20/h1-3,8-10,13H,4-7H2,(H,19,20)/t8-,9+,10+. The number of pyridine rings is 1. The van der Waals surface area contributed by atoms with Gasteiger partial charge in [-0.05, 0) is 12.8 Å². The largest absolute Gasteiger partial charge is 0.474 e. The molecule has 0 saturated carbocycles. The number of carbonyl (C=O) groups is 1. The molecule has 1 amide bonds. The molecule has 2 fully saturated rings. The summed E-state index contributed by atoms with van der Waals surface area (Å²) in [7, 11) is 0. The van der Waals surface area contributed by atoms with Crippen LogP contribution < -0.4 is 9.47 Å². The highest BCUT2D eigenvalue weighted by molar-refractivity contribution is 5.66. The van der Waals surface area contributed by atoms with E-state index in [1.807, 2.05) is 0 Å². The molecule has 2 aliphatic rings. The van der Waals surface area contributed by atoms with Gasteiger partial charge in [0.05, 0.1) is 0 Å². The van der Waals surface area contributed by atoms with E-state index in [4.69, 9.17) is 4.74 Å². The van der Waals surface area contributed by atoms with Crippen molar-refractivity contribution in [1.29, 1.82) is 0 Å². The van der Waals surface area contributed by atoms with Crippen LogP contribution in [0, 0.1) is 0 Å². The average Bonchev–Trinajstić information content (AvgIpc) is 2.71. The van der Waals surface area contributed by atoms with Crippen LogP contribution in [0.3, 0.4) is 0 Å². The van der Waals surface area contributed by atoms with Gasteiger partial charge in [0, 0.05) is 37.1 Å². The van der Waals surface area contributed by atoms with Gasteiger partial charge in [0.15, 0.2) is 0 Å². The van der Waals surface area contributed by atoms with Crippen molar-refractivity contribution >= 4 is 6.09 Å². The molecule has 2 saturated heterocycles. The van der Waals surface area contributed by atoms with E-state index in [-0.39, 0.29) is 29.9 Å². The fourth-order valence-electron chi connectivity index (χ4n) is 3.32. The maximum atomic E-state index is 12.2. The summed E-state index contributed by atoms with van der Waals surface area (Å²) in [5.41, 5.74) is 0. The summed E-state index contributed by atoms with van der Waals surface area (Å²) in [6, 6.07) is 4.35. The lowest BCUT2D eigenvalue weighted by Gasteiger charge is -2.36. The van der Waals surface area contributed by atoms with Crippen LogP contribution in [0.2, 0.25) is 0 Å². The van der Waals surface area contributed by atoms with Crippen LogP contribution in [0.15, 0.2) is 18.2 Å². The Labute approximate surface area is 125 Å². The van der Waals surface area contributed by atoms with Crippen LogP contribution in [-0.2, 0) is 0 Å². The molecule has 22 heavy (non-hydrogen) atoms. The zero-order valence-electron chi connectivity index (χ0n) is 11.7. The molecule has 120 valence electrons. The Morgan fingerprint density at radius 3 is 2.50 bits per heavy atom. The number of piperidine rings is 1. The smallest absolute Gasteiger partial charge is 0.407 e. The normalized spacial score (nSPS) is 27.0. The number of rotatable bonds is 4. The first-order chi connectivity index (χ1) is 10.5. The number of hydrogen-bond acceptors (Lipinski definition) is 4. The molecule has 0 aromatic carbocycles. The molecule has 2 bridgehead atoms. The highest BCUT2D eigenvalue weighted by Gasteiger charge is 2.44. The number of hydrogen-bond donors (Lipinski definition) is 1. The van der Waals surface area contributed by atoms with Crippen molar-refractivity contribution < 1.29 is 28.2 Å². The molecule has 0 spiro atoms. The van der Waals surface area contributed by atoms with Crippen LogP contribution in [0.5, 0.6) is 11.8 Å². The monoisotopic (exact) mass is 314 g/mol. The fourth-order valence-corrected chi connectivity index (χ4v) is 3.32. The van der Waals surface area contributed by atoms with Gasteiger partial charge in [0.1, 0.15) is 6.10 Å². The number of nitrogens with zero attached hydrogens (tertiary/aromatic N) is 2. The third-order valence-corrected chi connectivity index (χ3v) is 4.11. The molecule has 1 aromatic rings. The lowest BCUT2D eigenvalue weighted by atomic mass is 10.0. The summed E-state index contributed by atoms with van der Waals surface area (Å²) in [6.07, 6.45) is 1.78. The molecular weight excluding hydrogens is 298 g/mol. The zero-order chi connectivity index (χ0) is 15.7. The van der Waals surface area contributed by atoms with Crippen molar-refractivity contribution in [3.05, 3.63) is 18.2 Å². The van der Waals surface area contributed by atoms with Crippen molar-refractivity contribution in [3.63, 3.8) is 0 Å². The Balaban J connectivity index is 1.64. The van der Waals surface area contributed by atoms with Crippen molar-refractivity contribution in [1.82, 2.24) is 9.88 Å². The molecule has 3 rings (SSSR count). The summed E-state index contributed by atoms with van der Waals surface area (Å²) >= 11 is 0. The maximum Gasteiger partial charge on any atom is 0.407 e. The molecule has 0 aliphatic carbocycles. The van der Waals surface area contributed by atoms with E-state index in [2.05, 4.69) is 9.72 Å². The van der Waals surface area contributed by atoms with Gasteiger partial charge in [0.25, 0.3) is 0 Å². The van der Waals surface area contributed by atoms with Crippen molar-refractivity contribution in [2.75, 3.05) is 0 Å².